The van der Waals surface area contributed by atoms with Crippen LogP contribution in [0, 0.1) is 12.8 Å². The predicted octanol–water partition coefficient (Wildman–Crippen LogP) is 3.34. The van der Waals surface area contributed by atoms with Crippen molar-refractivity contribution in [3.8, 4) is 0 Å². The molecule has 2 amide bonds. The monoisotopic (exact) mass is 360 g/mol. The molecular formula is C20H28N2O2S. The maximum absolute atomic E-state index is 12.8. The number of rotatable bonds is 4. The Balaban J connectivity index is 1.51. The molecule has 1 aromatic carbocycles. The van der Waals surface area contributed by atoms with E-state index in [0.29, 0.717) is 18.2 Å². The molecule has 0 unspecified atom stereocenters. The molecule has 25 heavy (non-hydrogen) atoms. The summed E-state index contributed by atoms with van der Waals surface area (Å²) < 4.78 is 0. The maximum Gasteiger partial charge on any atom is 0.227 e. The summed E-state index contributed by atoms with van der Waals surface area (Å²) in [6, 6.07) is 8.68. The SMILES string of the molecule is Cc1ccccc1SC1CCN(C(=O)[C@@H]2CC(=O)N(C(C)C)C2)CC1. The molecule has 2 saturated heterocycles. The van der Waals surface area contributed by atoms with Crippen LogP contribution in [0.1, 0.15) is 38.7 Å². The van der Waals surface area contributed by atoms with Gasteiger partial charge < -0.3 is 9.80 Å². The van der Waals surface area contributed by atoms with Crippen molar-refractivity contribution in [2.24, 2.45) is 5.92 Å². The maximum atomic E-state index is 12.8. The zero-order valence-corrected chi connectivity index (χ0v) is 16.2. The summed E-state index contributed by atoms with van der Waals surface area (Å²) in [5.41, 5.74) is 1.32. The first kappa shape index (κ1) is 18.3. The van der Waals surface area contributed by atoms with E-state index in [1.54, 1.807) is 0 Å². The minimum Gasteiger partial charge on any atom is -0.342 e. The van der Waals surface area contributed by atoms with Gasteiger partial charge >= 0.3 is 0 Å². The summed E-state index contributed by atoms with van der Waals surface area (Å²) in [5.74, 6) is 0.157. The molecule has 2 aliphatic rings. The van der Waals surface area contributed by atoms with Crippen LogP contribution >= 0.6 is 11.8 Å². The van der Waals surface area contributed by atoms with Gasteiger partial charge in [-0.15, -0.1) is 11.8 Å². The zero-order valence-electron chi connectivity index (χ0n) is 15.4. The number of carbonyl (C=O) groups is 2. The van der Waals surface area contributed by atoms with Gasteiger partial charge in [0, 0.05) is 42.2 Å². The Bertz CT molecular complexity index is 638. The largest absolute Gasteiger partial charge is 0.342 e. The zero-order chi connectivity index (χ0) is 18.0. The molecule has 0 N–H and O–H groups in total. The molecule has 136 valence electrons. The van der Waals surface area contributed by atoms with Crippen LogP contribution in [-0.4, -0.2) is 52.5 Å². The Labute approximate surface area is 154 Å². The first-order valence-electron chi connectivity index (χ1n) is 9.26. The highest BCUT2D eigenvalue weighted by molar-refractivity contribution is 8.00. The van der Waals surface area contributed by atoms with Crippen molar-refractivity contribution in [3.63, 3.8) is 0 Å². The third kappa shape index (κ3) is 4.20. The summed E-state index contributed by atoms with van der Waals surface area (Å²) in [7, 11) is 0. The van der Waals surface area contributed by atoms with E-state index in [1.807, 2.05) is 35.4 Å². The van der Waals surface area contributed by atoms with Crippen LogP contribution in [0.4, 0.5) is 0 Å². The predicted molar refractivity (Wildman–Crippen MR) is 102 cm³/mol. The van der Waals surface area contributed by atoms with Gasteiger partial charge in [-0.3, -0.25) is 9.59 Å². The van der Waals surface area contributed by atoms with Gasteiger partial charge in [0.15, 0.2) is 0 Å². The van der Waals surface area contributed by atoms with Crippen molar-refractivity contribution in [2.45, 2.75) is 56.2 Å². The van der Waals surface area contributed by atoms with Gasteiger partial charge in [0.05, 0.1) is 5.92 Å². The number of hydrogen-bond acceptors (Lipinski definition) is 3. The fraction of sp³-hybridized carbons (Fsp3) is 0.600. The molecule has 0 aromatic heterocycles. The Morgan fingerprint density at radius 1 is 1.20 bits per heavy atom. The van der Waals surface area contributed by atoms with Gasteiger partial charge in [0.2, 0.25) is 11.8 Å². The fourth-order valence-corrected chi connectivity index (χ4v) is 4.93. The van der Waals surface area contributed by atoms with Crippen molar-refractivity contribution in [1.82, 2.24) is 9.80 Å². The second-order valence-electron chi connectivity index (χ2n) is 7.45. The topological polar surface area (TPSA) is 40.6 Å². The summed E-state index contributed by atoms with van der Waals surface area (Å²) in [5, 5.41) is 0.572. The number of piperidine rings is 1. The van der Waals surface area contributed by atoms with Gasteiger partial charge in [0.1, 0.15) is 0 Å². The number of aryl methyl sites for hydroxylation is 1. The minimum absolute atomic E-state index is 0.123. The summed E-state index contributed by atoms with van der Waals surface area (Å²) in [6.07, 6.45) is 2.44. The number of carbonyl (C=O) groups excluding carboxylic acids is 2. The van der Waals surface area contributed by atoms with E-state index in [4.69, 9.17) is 0 Å². The smallest absolute Gasteiger partial charge is 0.227 e. The second-order valence-corrected chi connectivity index (χ2v) is 8.79. The van der Waals surface area contributed by atoms with Crippen LogP contribution < -0.4 is 0 Å². The van der Waals surface area contributed by atoms with Gasteiger partial charge in [-0.05, 0) is 45.2 Å². The highest BCUT2D eigenvalue weighted by Gasteiger charge is 2.38. The minimum atomic E-state index is -0.143. The van der Waals surface area contributed by atoms with Crippen LogP contribution in [0.5, 0.6) is 0 Å². The van der Waals surface area contributed by atoms with E-state index in [-0.39, 0.29) is 23.8 Å². The number of amides is 2. The Morgan fingerprint density at radius 2 is 1.88 bits per heavy atom. The molecule has 0 aliphatic carbocycles. The van der Waals surface area contributed by atoms with Crippen LogP contribution in [-0.2, 0) is 9.59 Å². The fourth-order valence-electron chi connectivity index (χ4n) is 3.72. The van der Waals surface area contributed by atoms with Crippen molar-refractivity contribution in [2.75, 3.05) is 19.6 Å². The number of nitrogens with zero attached hydrogens (tertiary/aromatic N) is 2. The summed E-state index contributed by atoms with van der Waals surface area (Å²) in [6.45, 7) is 8.40. The molecule has 4 nitrogen and oxygen atoms in total. The Hall–Kier alpha value is -1.49. The van der Waals surface area contributed by atoms with E-state index in [1.165, 1.54) is 10.5 Å². The summed E-state index contributed by atoms with van der Waals surface area (Å²) in [4.78, 5) is 30.0. The van der Waals surface area contributed by atoms with E-state index in [0.717, 1.165) is 25.9 Å². The quantitative estimate of drug-likeness (QED) is 0.827. The summed E-state index contributed by atoms with van der Waals surface area (Å²) >= 11 is 1.94. The Morgan fingerprint density at radius 3 is 2.48 bits per heavy atom. The third-order valence-electron chi connectivity index (χ3n) is 5.27. The normalized spacial score (nSPS) is 22.1. The standard InChI is InChI=1S/C20H28N2O2S/c1-14(2)22-13-16(12-19(22)23)20(24)21-10-8-17(9-11-21)25-18-7-5-4-6-15(18)3/h4-7,14,16-17H,8-13H2,1-3H3/t16-/m1/s1. The highest BCUT2D eigenvalue weighted by atomic mass is 32.2. The molecule has 5 heteroatoms. The van der Waals surface area contributed by atoms with Gasteiger partial charge in [-0.2, -0.15) is 0 Å². The number of hydrogen-bond donors (Lipinski definition) is 0. The van der Waals surface area contributed by atoms with Crippen molar-refractivity contribution in [3.05, 3.63) is 29.8 Å². The van der Waals surface area contributed by atoms with Crippen molar-refractivity contribution in [1.29, 1.82) is 0 Å². The number of thioether (sulfide) groups is 1. The molecule has 0 spiro atoms. The molecule has 2 heterocycles. The molecule has 1 aromatic rings. The number of likely N-dealkylation sites (tertiary alicyclic amines) is 2. The molecule has 1 atom stereocenters. The molecule has 0 bridgehead atoms. The second kappa shape index (κ2) is 7.81. The lowest BCUT2D eigenvalue weighted by Gasteiger charge is -2.33. The van der Waals surface area contributed by atoms with E-state index < -0.39 is 0 Å². The molecule has 2 fully saturated rings. The molecular weight excluding hydrogens is 332 g/mol. The average Bonchev–Trinajstić information content (AvgIpc) is 2.99. The van der Waals surface area contributed by atoms with E-state index in [2.05, 4.69) is 31.2 Å². The molecule has 0 saturated carbocycles. The van der Waals surface area contributed by atoms with Gasteiger partial charge in [-0.25, -0.2) is 0 Å². The van der Waals surface area contributed by atoms with Crippen molar-refractivity contribution < 1.29 is 9.59 Å². The first-order valence-corrected chi connectivity index (χ1v) is 10.1. The lowest BCUT2D eigenvalue weighted by molar-refractivity contribution is -0.136. The van der Waals surface area contributed by atoms with E-state index in [9.17, 15) is 9.59 Å². The first-order chi connectivity index (χ1) is 12.0. The van der Waals surface area contributed by atoms with Gasteiger partial charge in [0.25, 0.3) is 0 Å². The number of benzene rings is 1. The highest BCUT2D eigenvalue weighted by Crippen LogP contribution is 2.33. The van der Waals surface area contributed by atoms with Crippen LogP contribution in [0.2, 0.25) is 0 Å². The third-order valence-corrected chi connectivity index (χ3v) is 6.79. The lowest BCUT2D eigenvalue weighted by Crippen LogP contribution is -2.43. The van der Waals surface area contributed by atoms with Crippen LogP contribution in [0.3, 0.4) is 0 Å². The van der Waals surface area contributed by atoms with E-state index >= 15 is 0 Å². The Kier molecular flexibility index (Phi) is 5.72. The molecule has 2 aliphatic heterocycles. The molecule has 3 rings (SSSR count). The average molecular weight is 361 g/mol. The van der Waals surface area contributed by atoms with Crippen LogP contribution in [0.25, 0.3) is 0 Å². The molecule has 0 radical (unpaired) electrons. The van der Waals surface area contributed by atoms with Gasteiger partial charge in [-0.1, -0.05) is 18.2 Å². The lowest BCUT2D eigenvalue weighted by atomic mass is 10.0. The van der Waals surface area contributed by atoms with Crippen LogP contribution in [0.15, 0.2) is 29.2 Å². The van der Waals surface area contributed by atoms with Crippen molar-refractivity contribution >= 4 is 23.6 Å².